The predicted molar refractivity (Wildman–Crippen MR) is 49.5 cm³/mol. The lowest BCUT2D eigenvalue weighted by atomic mass is 10.1. The monoisotopic (exact) mass is 233 g/mol. The number of alkyl halides is 2. The molecule has 1 rings (SSSR count). The molecule has 0 aromatic carbocycles. The number of carbonyl (C=O) groups is 1. The molecule has 0 saturated carbocycles. The molecule has 0 saturated heterocycles. The van der Waals surface area contributed by atoms with E-state index in [-0.39, 0.29) is 12.2 Å². The van der Waals surface area contributed by atoms with E-state index in [1.54, 1.807) is 6.92 Å². The number of ether oxygens (including phenoxy) is 1. The van der Waals surface area contributed by atoms with E-state index < -0.39 is 30.2 Å². The van der Waals surface area contributed by atoms with E-state index in [1.807, 2.05) is 0 Å². The molecule has 3 nitrogen and oxygen atoms in total. The third-order valence-electron chi connectivity index (χ3n) is 1.90. The lowest BCUT2D eigenvalue weighted by molar-refractivity contribution is -0.142. The highest BCUT2D eigenvalue weighted by atomic mass is 19.3. The number of aromatic nitrogens is 1. The van der Waals surface area contributed by atoms with Crippen molar-refractivity contribution < 1.29 is 22.7 Å². The van der Waals surface area contributed by atoms with Crippen LogP contribution < -0.4 is 0 Å². The summed E-state index contributed by atoms with van der Waals surface area (Å²) in [4.78, 5) is 14.4. The second kappa shape index (κ2) is 5.48. The van der Waals surface area contributed by atoms with E-state index in [9.17, 15) is 18.0 Å². The molecule has 6 heteroatoms. The minimum atomic E-state index is -2.87. The Morgan fingerprint density at radius 1 is 1.50 bits per heavy atom. The maximum absolute atomic E-state index is 13.2. The molecule has 0 atom stereocenters. The number of carbonyl (C=O) groups excluding carboxylic acids is 1. The highest BCUT2D eigenvalue weighted by Crippen LogP contribution is 2.24. The Hall–Kier alpha value is -1.59. The van der Waals surface area contributed by atoms with Crippen LogP contribution in [0.1, 0.15) is 24.5 Å². The zero-order chi connectivity index (χ0) is 12.1. The van der Waals surface area contributed by atoms with Crippen molar-refractivity contribution in [1.29, 1.82) is 0 Å². The van der Waals surface area contributed by atoms with Crippen LogP contribution in [-0.2, 0) is 16.0 Å². The molecule has 1 aromatic heterocycles. The molecule has 0 radical (unpaired) electrons. The van der Waals surface area contributed by atoms with Gasteiger partial charge in [0.05, 0.1) is 19.2 Å². The van der Waals surface area contributed by atoms with Crippen LogP contribution in [-0.4, -0.2) is 17.6 Å². The maximum atomic E-state index is 13.2. The van der Waals surface area contributed by atoms with Crippen LogP contribution in [0.15, 0.2) is 12.4 Å². The van der Waals surface area contributed by atoms with Gasteiger partial charge in [-0.15, -0.1) is 0 Å². The fraction of sp³-hybridized carbons (Fsp3) is 0.400. The van der Waals surface area contributed by atoms with Crippen molar-refractivity contribution in [3.8, 4) is 0 Å². The van der Waals surface area contributed by atoms with Crippen LogP contribution in [0.4, 0.5) is 13.2 Å². The molecule has 88 valence electrons. The van der Waals surface area contributed by atoms with Crippen molar-refractivity contribution in [2.24, 2.45) is 0 Å². The van der Waals surface area contributed by atoms with Crippen molar-refractivity contribution in [2.75, 3.05) is 6.61 Å². The van der Waals surface area contributed by atoms with Crippen LogP contribution >= 0.6 is 0 Å². The zero-order valence-corrected chi connectivity index (χ0v) is 8.54. The van der Waals surface area contributed by atoms with Gasteiger partial charge in [0.2, 0.25) is 0 Å². The highest BCUT2D eigenvalue weighted by Gasteiger charge is 2.19. The van der Waals surface area contributed by atoms with Gasteiger partial charge in [-0.3, -0.25) is 9.78 Å². The maximum Gasteiger partial charge on any atom is 0.310 e. The number of nitrogens with zero attached hydrogens (tertiary/aromatic N) is 1. The van der Waals surface area contributed by atoms with E-state index in [0.717, 1.165) is 12.4 Å². The van der Waals surface area contributed by atoms with Gasteiger partial charge in [0.1, 0.15) is 5.82 Å². The fourth-order valence-corrected chi connectivity index (χ4v) is 1.21. The standard InChI is InChI=1S/C10H10F3NO2/c1-2-16-9(15)3-6-7(10(12)13)4-14-5-8(6)11/h4-5,10H,2-3H2,1H3. The fourth-order valence-electron chi connectivity index (χ4n) is 1.21. The molecule has 0 N–H and O–H groups in total. The third kappa shape index (κ3) is 2.95. The van der Waals surface area contributed by atoms with Crippen LogP contribution in [0.3, 0.4) is 0 Å². The summed E-state index contributed by atoms with van der Waals surface area (Å²) in [7, 11) is 0. The second-order valence-corrected chi connectivity index (χ2v) is 2.97. The number of esters is 1. The van der Waals surface area contributed by atoms with E-state index in [4.69, 9.17) is 0 Å². The van der Waals surface area contributed by atoms with Crippen molar-refractivity contribution in [1.82, 2.24) is 4.98 Å². The third-order valence-corrected chi connectivity index (χ3v) is 1.90. The van der Waals surface area contributed by atoms with E-state index in [0.29, 0.717) is 0 Å². The molecule has 0 unspecified atom stereocenters. The normalized spacial score (nSPS) is 10.6. The van der Waals surface area contributed by atoms with Gasteiger partial charge >= 0.3 is 5.97 Å². The molecule has 16 heavy (non-hydrogen) atoms. The Balaban J connectivity index is 2.97. The van der Waals surface area contributed by atoms with Crippen molar-refractivity contribution in [3.05, 3.63) is 29.3 Å². The number of pyridine rings is 1. The topological polar surface area (TPSA) is 39.2 Å². The zero-order valence-electron chi connectivity index (χ0n) is 8.54. The molecule has 0 bridgehead atoms. The lowest BCUT2D eigenvalue weighted by Crippen LogP contribution is -2.11. The summed E-state index contributed by atoms with van der Waals surface area (Å²) in [5, 5.41) is 0. The summed E-state index contributed by atoms with van der Waals surface area (Å²) in [6, 6.07) is 0. The number of hydrogen-bond acceptors (Lipinski definition) is 3. The molecule has 0 aliphatic rings. The first-order chi connectivity index (χ1) is 7.56. The van der Waals surface area contributed by atoms with Crippen LogP contribution in [0.25, 0.3) is 0 Å². The molecular formula is C10H10F3NO2. The van der Waals surface area contributed by atoms with Gasteiger partial charge < -0.3 is 4.74 Å². The second-order valence-electron chi connectivity index (χ2n) is 2.97. The summed E-state index contributed by atoms with van der Waals surface area (Å²) in [6.45, 7) is 1.70. The SMILES string of the molecule is CCOC(=O)Cc1c(F)cncc1C(F)F. The number of hydrogen-bond donors (Lipinski definition) is 0. The summed E-state index contributed by atoms with van der Waals surface area (Å²) in [6.07, 6.45) is -1.74. The summed E-state index contributed by atoms with van der Waals surface area (Å²) in [5.41, 5.74) is -0.934. The number of halogens is 3. The van der Waals surface area contributed by atoms with Gasteiger partial charge in [-0.05, 0) is 6.92 Å². The molecule has 1 heterocycles. The molecular weight excluding hydrogens is 223 g/mol. The Morgan fingerprint density at radius 2 is 2.19 bits per heavy atom. The first-order valence-corrected chi connectivity index (χ1v) is 4.62. The number of rotatable bonds is 4. The highest BCUT2D eigenvalue weighted by molar-refractivity contribution is 5.73. The van der Waals surface area contributed by atoms with Crippen molar-refractivity contribution >= 4 is 5.97 Å². The van der Waals surface area contributed by atoms with Gasteiger partial charge in [0.25, 0.3) is 6.43 Å². The van der Waals surface area contributed by atoms with Crippen molar-refractivity contribution in [2.45, 2.75) is 19.8 Å². The van der Waals surface area contributed by atoms with Crippen LogP contribution in [0.2, 0.25) is 0 Å². The summed E-state index contributed by atoms with van der Waals surface area (Å²) in [5.74, 6) is -1.67. The van der Waals surface area contributed by atoms with Crippen molar-refractivity contribution in [3.63, 3.8) is 0 Å². The Bertz CT molecular complexity index is 382. The molecule has 1 aromatic rings. The van der Waals surface area contributed by atoms with Gasteiger partial charge in [0.15, 0.2) is 0 Å². The van der Waals surface area contributed by atoms with E-state index in [1.165, 1.54) is 0 Å². The Labute approximate surface area is 90.2 Å². The Kier molecular flexibility index (Phi) is 4.28. The smallest absolute Gasteiger partial charge is 0.310 e. The minimum Gasteiger partial charge on any atom is -0.466 e. The van der Waals surface area contributed by atoms with E-state index in [2.05, 4.69) is 9.72 Å². The largest absolute Gasteiger partial charge is 0.466 e. The molecule has 0 spiro atoms. The summed E-state index contributed by atoms with van der Waals surface area (Å²) < 4.78 is 42.7. The van der Waals surface area contributed by atoms with Gasteiger partial charge in [-0.1, -0.05) is 0 Å². The summed E-state index contributed by atoms with van der Waals surface area (Å²) >= 11 is 0. The van der Waals surface area contributed by atoms with Crippen LogP contribution in [0, 0.1) is 5.82 Å². The minimum absolute atomic E-state index is 0.121. The van der Waals surface area contributed by atoms with Gasteiger partial charge in [-0.2, -0.15) is 0 Å². The van der Waals surface area contributed by atoms with E-state index >= 15 is 0 Å². The Morgan fingerprint density at radius 3 is 2.75 bits per heavy atom. The van der Waals surface area contributed by atoms with Gasteiger partial charge in [-0.25, -0.2) is 13.2 Å². The first-order valence-electron chi connectivity index (χ1n) is 4.62. The average molecular weight is 233 g/mol. The van der Waals surface area contributed by atoms with Crippen LogP contribution in [0.5, 0.6) is 0 Å². The molecule has 0 amide bonds. The predicted octanol–water partition coefficient (Wildman–Crippen LogP) is 2.26. The lowest BCUT2D eigenvalue weighted by Gasteiger charge is -2.08. The average Bonchev–Trinajstić information content (AvgIpc) is 2.21. The molecule has 0 aliphatic heterocycles. The quantitative estimate of drug-likeness (QED) is 0.749. The van der Waals surface area contributed by atoms with Gasteiger partial charge in [0, 0.05) is 17.3 Å². The molecule has 0 fully saturated rings. The molecule has 0 aliphatic carbocycles. The first kappa shape index (κ1) is 12.5.